The summed E-state index contributed by atoms with van der Waals surface area (Å²) in [5.41, 5.74) is 5.70. The number of carbonyl (C=O) groups is 1. The van der Waals surface area contributed by atoms with Gasteiger partial charge >= 0.3 is 0 Å². The molecule has 170 valence electrons. The van der Waals surface area contributed by atoms with Crippen molar-refractivity contribution in [1.82, 2.24) is 4.90 Å². The number of hydrogen-bond donors (Lipinski definition) is 1. The molecule has 4 nitrogen and oxygen atoms in total. The van der Waals surface area contributed by atoms with Gasteiger partial charge in [-0.05, 0) is 97.4 Å². The van der Waals surface area contributed by atoms with Crippen LogP contribution in [0.2, 0.25) is 0 Å². The lowest BCUT2D eigenvalue weighted by atomic mass is 9.58. The maximum atomic E-state index is 13.5. The lowest BCUT2D eigenvalue weighted by molar-refractivity contribution is 0.0266. The van der Waals surface area contributed by atoms with E-state index in [0.717, 1.165) is 61.8 Å². The number of methoxy groups -OCH3 is 1. The van der Waals surface area contributed by atoms with Crippen molar-refractivity contribution in [3.8, 4) is 0 Å². The van der Waals surface area contributed by atoms with Crippen molar-refractivity contribution in [3.63, 3.8) is 0 Å². The van der Waals surface area contributed by atoms with E-state index < -0.39 is 0 Å². The van der Waals surface area contributed by atoms with Crippen LogP contribution in [0.4, 0.5) is 11.4 Å². The van der Waals surface area contributed by atoms with E-state index >= 15 is 0 Å². The second-order valence-electron chi connectivity index (χ2n) is 10.4. The van der Waals surface area contributed by atoms with E-state index in [1.807, 2.05) is 0 Å². The summed E-state index contributed by atoms with van der Waals surface area (Å²) in [6.07, 6.45) is 5.87. The van der Waals surface area contributed by atoms with Gasteiger partial charge in [-0.1, -0.05) is 26.0 Å². The molecule has 5 rings (SSSR count). The molecule has 1 saturated heterocycles. The van der Waals surface area contributed by atoms with E-state index in [0.29, 0.717) is 11.7 Å². The summed E-state index contributed by atoms with van der Waals surface area (Å²) in [4.78, 5) is 16.0. The number of nitrogens with one attached hydrogen (secondary N) is 1. The number of aryl methyl sites for hydroxylation is 1. The minimum Gasteiger partial charge on any atom is -0.385 e. The molecule has 0 amide bonds. The van der Waals surface area contributed by atoms with Gasteiger partial charge in [-0.15, -0.1) is 0 Å². The summed E-state index contributed by atoms with van der Waals surface area (Å²) >= 11 is 0. The van der Waals surface area contributed by atoms with Gasteiger partial charge in [0.1, 0.15) is 0 Å². The molecule has 4 heteroatoms. The number of piperidine rings is 1. The molecule has 1 saturated carbocycles. The first-order chi connectivity index (χ1) is 15.5. The summed E-state index contributed by atoms with van der Waals surface area (Å²) in [6.45, 7) is 7.61. The number of carbonyl (C=O) groups excluding carboxylic acids is 1. The Bertz CT molecular complexity index is 981. The predicted octanol–water partition coefficient (Wildman–Crippen LogP) is 5.58. The number of Topliss-reactive ketones (excluding diaryl/α,β-unsaturated/α-hetero) is 1. The molecular weight excluding hydrogens is 396 g/mol. The number of hydrogen-bond acceptors (Lipinski definition) is 4. The van der Waals surface area contributed by atoms with Crippen LogP contribution in [-0.2, 0) is 16.6 Å². The van der Waals surface area contributed by atoms with Crippen molar-refractivity contribution >= 4 is 17.2 Å². The molecule has 2 bridgehead atoms. The van der Waals surface area contributed by atoms with Crippen molar-refractivity contribution in [2.45, 2.75) is 57.4 Å². The van der Waals surface area contributed by atoms with Crippen LogP contribution in [0.5, 0.6) is 0 Å². The number of benzene rings is 2. The standard InChI is InChI=1S/C28H36N2O2/c1-19-26-27(31)24-13-12-23(29-22-10-8-20(9-11-22)5-4-16-32-3)17-25(24)28(19,2)14-15-30(26)18-21-6-7-21/h8-13,17,19,21,26,29H,4-7,14-16,18H2,1-3H3/t19-,26?,28+/m0/s1. The molecule has 1 heterocycles. The van der Waals surface area contributed by atoms with E-state index in [2.05, 4.69) is 66.5 Å². The Morgan fingerprint density at radius 3 is 2.59 bits per heavy atom. The van der Waals surface area contributed by atoms with Gasteiger partial charge in [0.05, 0.1) is 6.04 Å². The number of rotatable bonds is 8. The fourth-order valence-corrected chi connectivity index (χ4v) is 5.83. The highest BCUT2D eigenvalue weighted by atomic mass is 16.5. The first-order valence-electron chi connectivity index (χ1n) is 12.3. The van der Waals surface area contributed by atoms with Gasteiger partial charge in [-0.3, -0.25) is 9.69 Å². The summed E-state index contributed by atoms with van der Waals surface area (Å²) in [5.74, 6) is 1.49. The number of likely N-dealkylation sites (tertiary alicyclic amines) is 1. The Morgan fingerprint density at radius 1 is 1.12 bits per heavy atom. The van der Waals surface area contributed by atoms with Crippen molar-refractivity contribution in [2.24, 2.45) is 11.8 Å². The molecule has 0 aromatic heterocycles. The van der Waals surface area contributed by atoms with Gasteiger partial charge in [0.25, 0.3) is 0 Å². The van der Waals surface area contributed by atoms with Crippen molar-refractivity contribution in [3.05, 3.63) is 59.2 Å². The second-order valence-corrected chi connectivity index (χ2v) is 10.4. The second kappa shape index (κ2) is 8.64. The first-order valence-corrected chi connectivity index (χ1v) is 12.3. The van der Waals surface area contributed by atoms with Gasteiger partial charge in [0.15, 0.2) is 5.78 Å². The predicted molar refractivity (Wildman–Crippen MR) is 130 cm³/mol. The molecule has 3 aliphatic rings. The molecule has 0 spiro atoms. The third-order valence-corrected chi connectivity index (χ3v) is 8.21. The van der Waals surface area contributed by atoms with Gasteiger partial charge in [0.2, 0.25) is 0 Å². The zero-order chi connectivity index (χ0) is 22.3. The topological polar surface area (TPSA) is 41.6 Å². The van der Waals surface area contributed by atoms with Crippen molar-refractivity contribution in [2.75, 3.05) is 32.1 Å². The Balaban J connectivity index is 1.36. The Hall–Kier alpha value is -2.17. The number of ketones is 1. The molecule has 1 aliphatic heterocycles. The fourth-order valence-electron chi connectivity index (χ4n) is 5.83. The smallest absolute Gasteiger partial charge is 0.180 e. The van der Waals surface area contributed by atoms with Gasteiger partial charge in [-0.2, -0.15) is 0 Å². The highest BCUT2D eigenvalue weighted by Gasteiger charge is 2.52. The monoisotopic (exact) mass is 432 g/mol. The molecule has 3 atom stereocenters. The summed E-state index contributed by atoms with van der Waals surface area (Å²) in [5, 5.41) is 3.57. The molecule has 0 radical (unpaired) electrons. The minimum atomic E-state index is 0.0475. The van der Waals surface area contributed by atoms with Crippen molar-refractivity contribution < 1.29 is 9.53 Å². The molecule has 2 aromatic carbocycles. The fraction of sp³-hybridized carbons (Fsp3) is 0.536. The van der Waals surface area contributed by atoms with E-state index in [1.165, 1.54) is 24.0 Å². The molecular formula is C28H36N2O2. The molecule has 1 N–H and O–H groups in total. The number of nitrogens with zero attached hydrogens (tertiary/aromatic N) is 1. The van der Waals surface area contributed by atoms with E-state index in [-0.39, 0.29) is 11.5 Å². The Kier molecular flexibility index (Phi) is 5.85. The van der Waals surface area contributed by atoms with Crippen LogP contribution >= 0.6 is 0 Å². The number of ether oxygens (including phenoxy) is 1. The quantitative estimate of drug-likeness (QED) is 0.553. The third-order valence-electron chi connectivity index (χ3n) is 8.21. The first kappa shape index (κ1) is 21.7. The molecule has 2 aromatic rings. The number of fused-ring (bicyclic) bond motifs is 4. The Labute approximate surface area is 192 Å². The van der Waals surface area contributed by atoms with Crippen LogP contribution < -0.4 is 5.32 Å². The lowest BCUT2D eigenvalue weighted by Crippen LogP contribution is -2.61. The van der Waals surface area contributed by atoms with Gasteiger partial charge in [-0.25, -0.2) is 0 Å². The normalized spacial score (nSPS) is 27.3. The largest absolute Gasteiger partial charge is 0.385 e. The van der Waals surface area contributed by atoms with Crippen LogP contribution in [0.25, 0.3) is 0 Å². The highest BCUT2D eigenvalue weighted by molar-refractivity contribution is 6.04. The van der Waals surface area contributed by atoms with Crippen molar-refractivity contribution in [1.29, 1.82) is 0 Å². The molecule has 2 fully saturated rings. The summed E-state index contributed by atoms with van der Waals surface area (Å²) in [6, 6.07) is 15.1. The maximum Gasteiger partial charge on any atom is 0.180 e. The van der Waals surface area contributed by atoms with Crippen LogP contribution in [0.1, 0.15) is 61.0 Å². The third kappa shape index (κ3) is 3.99. The molecule has 2 aliphatic carbocycles. The van der Waals surface area contributed by atoms with Crippen LogP contribution in [0.3, 0.4) is 0 Å². The van der Waals surface area contributed by atoms with Gasteiger partial charge in [0, 0.05) is 37.2 Å². The Morgan fingerprint density at radius 2 is 1.88 bits per heavy atom. The minimum absolute atomic E-state index is 0.0475. The summed E-state index contributed by atoms with van der Waals surface area (Å²) < 4.78 is 5.15. The van der Waals surface area contributed by atoms with Gasteiger partial charge < -0.3 is 10.1 Å². The highest BCUT2D eigenvalue weighted by Crippen LogP contribution is 2.50. The number of anilines is 2. The lowest BCUT2D eigenvalue weighted by Gasteiger charge is -2.53. The van der Waals surface area contributed by atoms with Crippen LogP contribution in [0, 0.1) is 11.8 Å². The average Bonchev–Trinajstić information content (AvgIpc) is 3.61. The van der Waals surface area contributed by atoms with E-state index in [1.54, 1.807) is 7.11 Å². The van der Waals surface area contributed by atoms with E-state index in [4.69, 9.17) is 4.74 Å². The SMILES string of the molecule is COCCCc1ccc(Nc2ccc3c(c2)[C@]2(C)CCN(CC4CC4)C(C3=O)[C@@H]2C)cc1. The zero-order valence-electron chi connectivity index (χ0n) is 19.7. The van der Waals surface area contributed by atoms with Crippen LogP contribution in [0.15, 0.2) is 42.5 Å². The van der Waals surface area contributed by atoms with E-state index in [9.17, 15) is 4.79 Å². The van der Waals surface area contributed by atoms with Crippen LogP contribution in [-0.4, -0.2) is 43.5 Å². The average molecular weight is 433 g/mol. The summed E-state index contributed by atoms with van der Waals surface area (Å²) in [7, 11) is 1.75. The molecule has 1 unspecified atom stereocenters. The molecule has 32 heavy (non-hydrogen) atoms. The maximum absolute atomic E-state index is 13.5. The zero-order valence-corrected chi connectivity index (χ0v) is 19.7.